The molecule has 1 fully saturated rings. The van der Waals surface area contributed by atoms with Crippen LogP contribution in [0.1, 0.15) is 50.3 Å². The Balaban J connectivity index is 1.49. The SMILES string of the molecule is CCOc1ccc(OC(C)c2nnc(-c3cnn(C)c3C3CC3)o2)cc1. The van der Waals surface area contributed by atoms with Crippen LogP contribution in [0, 0.1) is 0 Å². The average molecular weight is 354 g/mol. The van der Waals surface area contributed by atoms with E-state index in [2.05, 4.69) is 15.3 Å². The van der Waals surface area contributed by atoms with Gasteiger partial charge < -0.3 is 13.9 Å². The highest BCUT2D eigenvalue weighted by molar-refractivity contribution is 5.57. The topological polar surface area (TPSA) is 75.2 Å². The van der Waals surface area contributed by atoms with Gasteiger partial charge in [-0.05, 0) is 51.0 Å². The smallest absolute Gasteiger partial charge is 0.257 e. The van der Waals surface area contributed by atoms with Gasteiger partial charge in [-0.3, -0.25) is 4.68 Å². The van der Waals surface area contributed by atoms with Crippen molar-refractivity contribution in [3.8, 4) is 23.0 Å². The summed E-state index contributed by atoms with van der Waals surface area (Å²) in [5.74, 6) is 3.03. The largest absolute Gasteiger partial charge is 0.494 e. The van der Waals surface area contributed by atoms with E-state index >= 15 is 0 Å². The van der Waals surface area contributed by atoms with Gasteiger partial charge in [0, 0.05) is 13.0 Å². The second-order valence-electron chi connectivity index (χ2n) is 6.45. The Kier molecular flexibility index (Phi) is 4.36. The van der Waals surface area contributed by atoms with Gasteiger partial charge in [0.1, 0.15) is 11.5 Å². The van der Waals surface area contributed by atoms with E-state index in [1.807, 2.05) is 49.8 Å². The van der Waals surface area contributed by atoms with Crippen LogP contribution in [0.15, 0.2) is 34.9 Å². The first-order valence-electron chi connectivity index (χ1n) is 8.91. The van der Waals surface area contributed by atoms with Crippen LogP contribution in [-0.4, -0.2) is 26.6 Å². The molecule has 3 aromatic rings. The number of nitrogens with zero attached hydrogens (tertiary/aromatic N) is 4. The van der Waals surface area contributed by atoms with Crippen LogP contribution in [0.3, 0.4) is 0 Å². The highest BCUT2D eigenvalue weighted by Gasteiger charge is 2.31. The molecule has 4 rings (SSSR count). The maximum Gasteiger partial charge on any atom is 0.257 e. The molecule has 0 bridgehead atoms. The van der Waals surface area contributed by atoms with Crippen molar-refractivity contribution in [3.63, 3.8) is 0 Å². The summed E-state index contributed by atoms with van der Waals surface area (Å²) in [6.07, 6.45) is 3.81. The van der Waals surface area contributed by atoms with Crippen LogP contribution in [0.2, 0.25) is 0 Å². The maximum atomic E-state index is 5.91. The van der Waals surface area contributed by atoms with Crippen molar-refractivity contribution in [2.75, 3.05) is 6.61 Å². The molecule has 0 radical (unpaired) electrons. The second-order valence-corrected chi connectivity index (χ2v) is 6.45. The molecule has 7 heteroatoms. The predicted molar refractivity (Wildman–Crippen MR) is 95.1 cm³/mol. The zero-order chi connectivity index (χ0) is 18.1. The quantitative estimate of drug-likeness (QED) is 0.641. The first-order valence-corrected chi connectivity index (χ1v) is 8.91. The van der Waals surface area contributed by atoms with E-state index in [4.69, 9.17) is 13.9 Å². The minimum atomic E-state index is -0.352. The summed E-state index contributed by atoms with van der Waals surface area (Å²) in [4.78, 5) is 0. The van der Waals surface area contributed by atoms with Crippen molar-refractivity contribution >= 4 is 0 Å². The van der Waals surface area contributed by atoms with E-state index < -0.39 is 0 Å². The van der Waals surface area contributed by atoms with E-state index in [9.17, 15) is 0 Å². The van der Waals surface area contributed by atoms with Gasteiger partial charge in [0.25, 0.3) is 11.8 Å². The summed E-state index contributed by atoms with van der Waals surface area (Å²) in [6, 6.07) is 7.49. The summed E-state index contributed by atoms with van der Waals surface area (Å²) >= 11 is 0. The summed E-state index contributed by atoms with van der Waals surface area (Å²) < 4.78 is 19.1. The van der Waals surface area contributed by atoms with Crippen LogP contribution < -0.4 is 9.47 Å². The molecule has 0 amide bonds. The van der Waals surface area contributed by atoms with Gasteiger partial charge >= 0.3 is 0 Å². The Labute approximate surface area is 151 Å². The van der Waals surface area contributed by atoms with Gasteiger partial charge in [-0.2, -0.15) is 5.10 Å². The second kappa shape index (κ2) is 6.82. The van der Waals surface area contributed by atoms with Crippen molar-refractivity contribution in [2.45, 2.75) is 38.7 Å². The summed E-state index contributed by atoms with van der Waals surface area (Å²) in [7, 11) is 1.95. The predicted octanol–water partition coefficient (Wildman–Crippen LogP) is 3.89. The molecular formula is C19H22N4O3. The molecule has 1 aliphatic carbocycles. The normalized spacial score (nSPS) is 15.0. The minimum absolute atomic E-state index is 0.352. The molecule has 7 nitrogen and oxygen atoms in total. The minimum Gasteiger partial charge on any atom is -0.494 e. The molecule has 1 atom stereocenters. The molecular weight excluding hydrogens is 332 g/mol. The van der Waals surface area contributed by atoms with E-state index in [1.165, 1.54) is 18.5 Å². The van der Waals surface area contributed by atoms with Gasteiger partial charge in [-0.15, -0.1) is 10.2 Å². The fraction of sp³-hybridized carbons (Fsp3) is 0.421. The molecule has 0 aliphatic heterocycles. The Hall–Kier alpha value is -2.83. The van der Waals surface area contributed by atoms with Crippen molar-refractivity contribution in [1.82, 2.24) is 20.0 Å². The Morgan fingerprint density at radius 2 is 1.92 bits per heavy atom. The van der Waals surface area contributed by atoms with Gasteiger partial charge in [-0.1, -0.05) is 0 Å². The number of benzene rings is 1. The fourth-order valence-corrected chi connectivity index (χ4v) is 3.00. The van der Waals surface area contributed by atoms with Crippen LogP contribution in [-0.2, 0) is 7.05 Å². The summed E-state index contributed by atoms with van der Waals surface area (Å²) in [5, 5.41) is 12.7. The third kappa shape index (κ3) is 3.29. The van der Waals surface area contributed by atoms with E-state index in [0.717, 1.165) is 17.1 Å². The molecule has 26 heavy (non-hydrogen) atoms. The number of ether oxygens (including phenoxy) is 2. The molecule has 2 aromatic heterocycles. The summed E-state index contributed by atoms with van der Waals surface area (Å²) in [6.45, 7) is 4.48. The van der Waals surface area contributed by atoms with E-state index in [0.29, 0.717) is 24.3 Å². The number of hydrogen-bond acceptors (Lipinski definition) is 6. The van der Waals surface area contributed by atoms with Crippen LogP contribution in [0.25, 0.3) is 11.5 Å². The van der Waals surface area contributed by atoms with Crippen LogP contribution in [0.4, 0.5) is 0 Å². The van der Waals surface area contributed by atoms with Gasteiger partial charge in [-0.25, -0.2) is 0 Å². The lowest BCUT2D eigenvalue weighted by atomic mass is 10.2. The van der Waals surface area contributed by atoms with Crippen molar-refractivity contribution < 1.29 is 13.9 Å². The van der Waals surface area contributed by atoms with Gasteiger partial charge in [0.05, 0.1) is 24.1 Å². The van der Waals surface area contributed by atoms with Gasteiger partial charge in [0.2, 0.25) is 0 Å². The van der Waals surface area contributed by atoms with Gasteiger partial charge in [0.15, 0.2) is 6.10 Å². The van der Waals surface area contributed by atoms with Crippen molar-refractivity contribution in [1.29, 1.82) is 0 Å². The molecule has 2 heterocycles. The molecule has 0 N–H and O–H groups in total. The Bertz CT molecular complexity index is 881. The van der Waals surface area contributed by atoms with Crippen molar-refractivity contribution in [3.05, 3.63) is 42.0 Å². The zero-order valence-corrected chi connectivity index (χ0v) is 15.2. The fourth-order valence-electron chi connectivity index (χ4n) is 3.00. The highest BCUT2D eigenvalue weighted by atomic mass is 16.5. The maximum absolute atomic E-state index is 5.91. The zero-order valence-electron chi connectivity index (χ0n) is 15.2. The number of aryl methyl sites for hydroxylation is 1. The highest BCUT2D eigenvalue weighted by Crippen LogP contribution is 2.44. The molecule has 1 unspecified atom stereocenters. The lowest BCUT2D eigenvalue weighted by Gasteiger charge is -2.11. The lowest BCUT2D eigenvalue weighted by Crippen LogP contribution is -2.03. The van der Waals surface area contributed by atoms with Crippen LogP contribution in [0.5, 0.6) is 11.5 Å². The standard InChI is InChI=1S/C19H22N4O3/c1-4-24-14-7-9-15(10-8-14)25-12(2)18-21-22-19(26-18)16-11-20-23(3)17(16)13-5-6-13/h7-13H,4-6H2,1-3H3. The Morgan fingerprint density at radius 3 is 2.62 bits per heavy atom. The number of aromatic nitrogens is 4. The average Bonchev–Trinajstić information content (AvgIpc) is 3.21. The molecule has 1 aromatic carbocycles. The molecule has 0 spiro atoms. The monoisotopic (exact) mass is 354 g/mol. The molecule has 1 aliphatic rings. The first-order chi connectivity index (χ1) is 12.7. The number of hydrogen-bond donors (Lipinski definition) is 0. The van der Waals surface area contributed by atoms with E-state index in [1.54, 1.807) is 6.20 Å². The number of rotatable bonds is 7. The van der Waals surface area contributed by atoms with Crippen LogP contribution >= 0.6 is 0 Å². The lowest BCUT2D eigenvalue weighted by molar-refractivity contribution is 0.189. The Morgan fingerprint density at radius 1 is 1.19 bits per heavy atom. The third-order valence-electron chi connectivity index (χ3n) is 4.42. The molecule has 1 saturated carbocycles. The molecule has 136 valence electrons. The first kappa shape index (κ1) is 16.6. The summed E-state index contributed by atoms with van der Waals surface area (Å²) in [5.41, 5.74) is 2.09. The molecule has 0 saturated heterocycles. The van der Waals surface area contributed by atoms with Crippen molar-refractivity contribution in [2.24, 2.45) is 7.05 Å². The van der Waals surface area contributed by atoms with E-state index in [-0.39, 0.29) is 6.10 Å². The third-order valence-corrected chi connectivity index (χ3v) is 4.42.